The molecule has 1 aliphatic heterocycles. The van der Waals surface area contributed by atoms with E-state index in [4.69, 9.17) is 9.47 Å². The van der Waals surface area contributed by atoms with E-state index in [1.807, 2.05) is 4.90 Å². The van der Waals surface area contributed by atoms with E-state index in [2.05, 4.69) is 5.32 Å². The van der Waals surface area contributed by atoms with Gasteiger partial charge >= 0.3 is 6.03 Å². The van der Waals surface area contributed by atoms with Crippen LogP contribution in [0.3, 0.4) is 0 Å². The van der Waals surface area contributed by atoms with Gasteiger partial charge in [0, 0.05) is 13.7 Å². The first kappa shape index (κ1) is 14.1. The van der Waals surface area contributed by atoms with Crippen LogP contribution < -0.4 is 5.32 Å². The average Bonchev–Trinajstić information content (AvgIpc) is 3.21. The number of carbonyl (C=O) groups excluding carboxylic acids is 1. The lowest BCUT2D eigenvalue weighted by molar-refractivity contribution is -0.0928. The summed E-state index contributed by atoms with van der Waals surface area (Å²) in [6.45, 7) is 2.75. The first-order chi connectivity index (χ1) is 9.72. The SMILES string of the molecule is COC[C@H](NC(=O)N1CCOC2(CCCC2)C1)C1CC1. The summed E-state index contributed by atoms with van der Waals surface area (Å²) in [6.07, 6.45) is 7.07. The normalized spacial score (nSPS) is 26.8. The van der Waals surface area contributed by atoms with Crippen LogP contribution in [0.4, 0.5) is 4.79 Å². The molecule has 1 atom stereocenters. The smallest absolute Gasteiger partial charge is 0.317 e. The molecule has 1 N–H and O–H groups in total. The fourth-order valence-corrected chi connectivity index (χ4v) is 3.56. The number of nitrogens with one attached hydrogen (secondary N) is 1. The summed E-state index contributed by atoms with van der Waals surface area (Å²) < 4.78 is 11.2. The average molecular weight is 282 g/mol. The standard InChI is InChI=1S/C15H26N2O3/c1-19-10-13(12-4-5-12)16-14(18)17-8-9-20-15(11-17)6-2-3-7-15/h12-13H,2-11H2,1H3,(H,16,18)/t13-/m0/s1. The molecule has 20 heavy (non-hydrogen) atoms. The Balaban J connectivity index is 1.55. The van der Waals surface area contributed by atoms with E-state index in [0.29, 0.717) is 25.7 Å². The Morgan fingerprint density at radius 2 is 2.20 bits per heavy atom. The van der Waals surface area contributed by atoms with Crippen LogP contribution in [0.1, 0.15) is 38.5 Å². The first-order valence-corrected chi connectivity index (χ1v) is 7.91. The molecule has 3 rings (SSSR count). The highest BCUT2D eigenvalue weighted by atomic mass is 16.5. The number of methoxy groups -OCH3 is 1. The fourth-order valence-electron chi connectivity index (χ4n) is 3.56. The third-order valence-electron chi connectivity index (χ3n) is 4.90. The number of urea groups is 1. The molecule has 0 aromatic carbocycles. The molecule has 2 saturated carbocycles. The van der Waals surface area contributed by atoms with Crippen LogP contribution in [-0.2, 0) is 9.47 Å². The molecule has 0 aromatic heterocycles. The van der Waals surface area contributed by atoms with Gasteiger partial charge in [0.15, 0.2) is 0 Å². The highest BCUT2D eigenvalue weighted by Crippen LogP contribution is 2.36. The van der Waals surface area contributed by atoms with Gasteiger partial charge in [-0.25, -0.2) is 4.79 Å². The maximum Gasteiger partial charge on any atom is 0.317 e. The molecule has 3 fully saturated rings. The number of hydrogen-bond acceptors (Lipinski definition) is 3. The Morgan fingerprint density at radius 1 is 1.45 bits per heavy atom. The van der Waals surface area contributed by atoms with Crippen molar-refractivity contribution in [3.05, 3.63) is 0 Å². The summed E-state index contributed by atoms with van der Waals surface area (Å²) in [5.41, 5.74) is -0.0497. The molecule has 1 spiro atoms. The van der Waals surface area contributed by atoms with E-state index in [1.54, 1.807) is 7.11 Å². The van der Waals surface area contributed by atoms with E-state index in [-0.39, 0.29) is 17.7 Å². The molecular formula is C15H26N2O3. The number of morpholine rings is 1. The largest absolute Gasteiger partial charge is 0.383 e. The van der Waals surface area contributed by atoms with Gasteiger partial charge in [-0.3, -0.25) is 0 Å². The number of ether oxygens (including phenoxy) is 2. The summed E-state index contributed by atoms with van der Waals surface area (Å²) in [5, 5.41) is 3.16. The van der Waals surface area contributed by atoms with Crippen molar-refractivity contribution in [3.8, 4) is 0 Å². The molecule has 114 valence electrons. The zero-order valence-corrected chi connectivity index (χ0v) is 12.4. The van der Waals surface area contributed by atoms with Crippen molar-refractivity contribution in [2.45, 2.75) is 50.2 Å². The van der Waals surface area contributed by atoms with E-state index in [1.165, 1.54) is 25.7 Å². The number of rotatable bonds is 4. The lowest BCUT2D eigenvalue weighted by atomic mass is 10.00. The number of carbonyl (C=O) groups is 1. The van der Waals surface area contributed by atoms with Crippen molar-refractivity contribution >= 4 is 6.03 Å². The second-order valence-electron chi connectivity index (χ2n) is 6.51. The van der Waals surface area contributed by atoms with Crippen molar-refractivity contribution in [1.82, 2.24) is 10.2 Å². The van der Waals surface area contributed by atoms with Crippen molar-refractivity contribution in [1.29, 1.82) is 0 Å². The van der Waals surface area contributed by atoms with Crippen molar-refractivity contribution in [2.24, 2.45) is 5.92 Å². The maximum atomic E-state index is 12.5. The highest BCUT2D eigenvalue weighted by molar-refractivity contribution is 5.74. The zero-order valence-electron chi connectivity index (χ0n) is 12.4. The summed E-state index contributed by atoms with van der Waals surface area (Å²) in [4.78, 5) is 14.4. The third kappa shape index (κ3) is 3.09. The molecule has 0 unspecified atom stereocenters. The fraction of sp³-hybridized carbons (Fsp3) is 0.933. The Kier molecular flexibility index (Phi) is 4.17. The van der Waals surface area contributed by atoms with Crippen LogP contribution in [0, 0.1) is 5.92 Å². The second kappa shape index (κ2) is 5.90. The predicted molar refractivity (Wildman–Crippen MR) is 75.6 cm³/mol. The maximum absolute atomic E-state index is 12.5. The third-order valence-corrected chi connectivity index (χ3v) is 4.90. The zero-order chi connectivity index (χ0) is 14.0. The second-order valence-corrected chi connectivity index (χ2v) is 6.51. The van der Waals surface area contributed by atoms with Gasteiger partial charge in [0.1, 0.15) is 0 Å². The van der Waals surface area contributed by atoms with Gasteiger partial charge in [-0.05, 0) is 31.6 Å². The van der Waals surface area contributed by atoms with E-state index < -0.39 is 0 Å². The van der Waals surface area contributed by atoms with Gasteiger partial charge in [0.2, 0.25) is 0 Å². The van der Waals surface area contributed by atoms with Gasteiger partial charge in [-0.1, -0.05) is 12.8 Å². The molecule has 0 bridgehead atoms. The van der Waals surface area contributed by atoms with Gasteiger partial charge in [0.25, 0.3) is 0 Å². The van der Waals surface area contributed by atoms with Gasteiger partial charge < -0.3 is 19.7 Å². The van der Waals surface area contributed by atoms with E-state index in [0.717, 1.165) is 19.4 Å². The van der Waals surface area contributed by atoms with Crippen molar-refractivity contribution < 1.29 is 14.3 Å². The Labute approximate surface area is 121 Å². The molecule has 1 saturated heterocycles. The van der Waals surface area contributed by atoms with Crippen molar-refractivity contribution in [2.75, 3.05) is 33.4 Å². The Hall–Kier alpha value is -0.810. The minimum atomic E-state index is -0.0497. The monoisotopic (exact) mass is 282 g/mol. The van der Waals surface area contributed by atoms with Crippen LogP contribution in [0.25, 0.3) is 0 Å². The first-order valence-electron chi connectivity index (χ1n) is 7.91. The number of amides is 2. The molecular weight excluding hydrogens is 256 g/mol. The van der Waals surface area contributed by atoms with Crippen LogP contribution in [0.15, 0.2) is 0 Å². The molecule has 5 heteroatoms. The molecule has 5 nitrogen and oxygen atoms in total. The van der Waals surface area contributed by atoms with Crippen LogP contribution in [-0.4, -0.2) is 56.0 Å². The number of nitrogens with zero attached hydrogens (tertiary/aromatic N) is 1. The molecule has 0 radical (unpaired) electrons. The molecule has 0 aromatic rings. The lowest BCUT2D eigenvalue weighted by Crippen LogP contribution is -2.56. The summed E-state index contributed by atoms with van der Waals surface area (Å²) in [5.74, 6) is 0.611. The quantitative estimate of drug-likeness (QED) is 0.855. The predicted octanol–water partition coefficient (Wildman–Crippen LogP) is 1.77. The minimum absolute atomic E-state index is 0.0497. The molecule has 1 heterocycles. The Morgan fingerprint density at radius 3 is 2.85 bits per heavy atom. The molecule has 2 aliphatic carbocycles. The van der Waals surface area contributed by atoms with Gasteiger partial charge in [-0.2, -0.15) is 0 Å². The lowest BCUT2D eigenvalue weighted by Gasteiger charge is -2.40. The highest BCUT2D eigenvalue weighted by Gasteiger charge is 2.41. The van der Waals surface area contributed by atoms with E-state index in [9.17, 15) is 4.79 Å². The van der Waals surface area contributed by atoms with Crippen molar-refractivity contribution in [3.63, 3.8) is 0 Å². The van der Waals surface area contributed by atoms with Gasteiger partial charge in [0.05, 0.1) is 31.4 Å². The summed E-state index contributed by atoms with van der Waals surface area (Å²) in [7, 11) is 1.70. The van der Waals surface area contributed by atoms with Gasteiger partial charge in [-0.15, -0.1) is 0 Å². The summed E-state index contributed by atoms with van der Waals surface area (Å²) in [6, 6.07) is 0.239. The number of hydrogen-bond donors (Lipinski definition) is 1. The van der Waals surface area contributed by atoms with Crippen LogP contribution in [0.5, 0.6) is 0 Å². The van der Waals surface area contributed by atoms with Crippen LogP contribution >= 0.6 is 0 Å². The molecule has 2 amide bonds. The molecule has 3 aliphatic rings. The van der Waals surface area contributed by atoms with E-state index >= 15 is 0 Å². The Bertz CT molecular complexity index is 351. The van der Waals surface area contributed by atoms with Crippen LogP contribution in [0.2, 0.25) is 0 Å². The summed E-state index contributed by atoms with van der Waals surface area (Å²) >= 11 is 0. The minimum Gasteiger partial charge on any atom is -0.383 e. The topological polar surface area (TPSA) is 50.8 Å².